The Bertz CT molecular complexity index is 271. The molecule has 0 amide bonds. The number of hydrogen-bond donors (Lipinski definition) is 0. The molecule has 0 N–H and O–H groups in total. The number of fused-ring (bicyclic) bond motifs is 1. The molecule has 2 rings (SSSR count). The molecule has 0 saturated carbocycles. The summed E-state index contributed by atoms with van der Waals surface area (Å²) >= 11 is 0. The van der Waals surface area contributed by atoms with Gasteiger partial charge in [-0.05, 0) is 11.1 Å². The molecule has 3 radical (unpaired) electrons. The van der Waals surface area contributed by atoms with Crippen LogP contribution in [0.2, 0.25) is 0 Å². The van der Waals surface area contributed by atoms with E-state index in [0.29, 0.717) is 0 Å². The van der Waals surface area contributed by atoms with Crippen molar-refractivity contribution in [2.45, 2.75) is 5.92 Å². The van der Waals surface area contributed by atoms with Gasteiger partial charge in [0.2, 0.25) is 0 Å². The first-order valence-corrected chi connectivity index (χ1v) is 3.36. The second kappa shape index (κ2) is 1.98. The third-order valence-electron chi connectivity index (χ3n) is 1.80. The van der Waals surface area contributed by atoms with Gasteiger partial charge in [-0.2, -0.15) is 0 Å². The van der Waals surface area contributed by atoms with Crippen LogP contribution in [0.15, 0.2) is 30.3 Å². The van der Waals surface area contributed by atoms with Crippen LogP contribution < -0.4 is 0 Å². The summed E-state index contributed by atoms with van der Waals surface area (Å²) in [5.41, 5.74) is 2.32. The van der Waals surface area contributed by atoms with Crippen molar-refractivity contribution in [3.05, 3.63) is 48.4 Å². The predicted molar refractivity (Wildman–Crippen MR) is 41.5 cm³/mol. The third-order valence-corrected chi connectivity index (χ3v) is 1.80. The summed E-state index contributed by atoms with van der Waals surface area (Å²) in [6, 6.07) is 8.03. The van der Waals surface area contributed by atoms with E-state index in [4.69, 9.17) is 6.92 Å². The van der Waals surface area contributed by atoms with E-state index in [1.165, 1.54) is 5.56 Å². The maximum Gasteiger partial charge on any atom is 0.0102 e. The van der Waals surface area contributed by atoms with E-state index in [2.05, 4.69) is 0 Å². The van der Waals surface area contributed by atoms with Crippen LogP contribution >= 0.6 is 0 Å². The van der Waals surface area contributed by atoms with Gasteiger partial charge in [-0.3, -0.25) is 0 Å². The molecular weight excluding hydrogens is 120 g/mol. The van der Waals surface area contributed by atoms with Gasteiger partial charge in [0.15, 0.2) is 0 Å². The first-order chi connectivity index (χ1) is 4.88. The maximum absolute atomic E-state index is 7.53. The minimum Gasteiger partial charge on any atom is -0.0758 e. The van der Waals surface area contributed by atoms with Crippen molar-refractivity contribution in [1.29, 1.82) is 0 Å². The highest BCUT2D eigenvalue weighted by Gasteiger charge is 2.10. The number of benzene rings is 1. The molecule has 0 aliphatic heterocycles. The maximum atomic E-state index is 7.53. The zero-order valence-corrected chi connectivity index (χ0v) is 5.54. The summed E-state index contributed by atoms with van der Waals surface area (Å²) in [7, 11) is 0. The Morgan fingerprint density at radius 2 is 2.00 bits per heavy atom. The van der Waals surface area contributed by atoms with Gasteiger partial charge in [-0.15, -0.1) is 0 Å². The molecule has 0 spiro atoms. The van der Waals surface area contributed by atoms with Gasteiger partial charge < -0.3 is 0 Å². The first-order valence-electron chi connectivity index (χ1n) is 3.36. The molecule has 1 aromatic rings. The average molecular weight is 127 g/mol. The lowest BCUT2D eigenvalue weighted by molar-refractivity contribution is 1.11. The smallest absolute Gasteiger partial charge is 0.0102 e. The normalized spacial score (nSPS) is 21.1. The molecule has 0 heteroatoms. The Labute approximate surface area is 61.2 Å². The zero-order chi connectivity index (χ0) is 6.97. The van der Waals surface area contributed by atoms with Gasteiger partial charge >= 0.3 is 0 Å². The Kier molecular flexibility index (Phi) is 1.13. The fourth-order valence-corrected chi connectivity index (χ4v) is 1.25. The fourth-order valence-electron chi connectivity index (χ4n) is 1.25. The fraction of sp³-hybridized carbons (Fsp3) is 0.100. The van der Waals surface area contributed by atoms with Crippen molar-refractivity contribution in [3.8, 4) is 0 Å². The number of rotatable bonds is 0. The van der Waals surface area contributed by atoms with Crippen LogP contribution in [-0.2, 0) is 0 Å². The Morgan fingerprint density at radius 3 is 2.80 bits per heavy atom. The van der Waals surface area contributed by atoms with Crippen LogP contribution in [0.5, 0.6) is 0 Å². The van der Waals surface area contributed by atoms with Crippen LogP contribution in [0, 0.1) is 6.92 Å². The molecule has 0 fully saturated rings. The van der Waals surface area contributed by atoms with Gasteiger partial charge in [0.25, 0.3) is 0 Å². The standard InChI is InChI=1S/C10H7/c1-8-6-7-9-4-2-3-5-10(8)9/h2-8H. The lowest BCUT2D eigenvalue weighted by Crippen LogP contribution is -1.84. The first kappa shape index (κ1) is 5.72. The molecule has 0 nitrogen and oxygen atoms in total. The van der Waals surface area contributed by atoms with Crippen molar-refractivity contribution in [2.24, 2.45) is 0 Å². The van der Waals surface area contributed by atoms with Crippen LogP contribution in [0.1, 0.15) is 17.0 Å². The molecule has 1 aliphatic carbocycles. The third kappa shape index (κ3) is 0.688. The van der Waals surface area contributed by atoms with Gasteiger partial charge in [0.1, 0.15) is 0 Å². The summed E-state index contributed by atoms with van der Waals surface area (Å²) < 4.78 is 0. The SMILES string of the molecule is [C]C1C=Cc2ccccc21. The van der Waals surface area contributed by atoms with E-state index in [9.17, 15) is 0 Å². The van der Waals surface area contributed by atoms with Crippen LogP contribution in [-0.4, -0.2) is 0 Å². The van der Waals surface area contributed by atoms with Gasteiger partial charge in [0.05, 0.1) is 0 Å². The molecule has 1 atom stereocenters. The molecule has 10 heavy (non-hydrogen) atoms. The molecule has 1 aliphatic rings. The summed E-state index contributed by atoms with van der Waals surface area (Å²) in [5, 5.41) is 0. The molecule has 0 bridgehead atoms. The molecule has 1 unspecified atom stereocenters. The highest BCUT2D eigenvalue weighted by atomic mass is 14.1. The second-order valence-electron chi connectivity index (χ2n) is 2.47. The molecule has 0 saturated heterocycles. The lowest BCUT2D eigenvalue weighted by Gasteiger charge is -2.00. The quantitative estimate of drug-likeness (QED) is 0.502. The topological polar surface area (TPSA) is 0 Å². The summed E-state index contributed by atoms with van der Waals surface area (Å²) in [4.78, 5) is 0. The monoisotopic (exact) mass is 127 g/mol. The molecule has 47 valence electrons. The van der Waals surface area contributed by atoms with Crippen LogP contribution in [0.3, 0.4) is 0 Å². The minimum atomic E-state index is -0.129. The Morgan fingerprint density at radius 1 is 1.20 bits per heavy atom. The zero-order valence-electron chi connectivity index (χ0n) is 5.54. The highest BCUT2D eigenvalue weighted by molar-refractivity contribution is 5.62. The Hall–Kier alpha value is -1.04. The van der Waals surface area contributed by atoms with Crippen LogP contribution in [0.4, 0.5) is 0 Å². The molecule has 0 heterocycles. The van der Waals surface area contributed by atoms with Crippen molar-refractivity contribution >= 4 is 6.08 Å². The predicted octanol–water partition coefficient (Wildman–Crippen LogP) is 2.39. The van der Waals surface area contributed by atoms with Crippen molar-refractivity contribution in [3.63, 3.8) is 0 Å². The molecule has 0 aromatic heterocycles. The summed E-state index contributed by atoms with van der Waals surface area (Å²) in [5.74, 6) is -0.129. The van der Waals surface area contributed by atoms with Gasteiger partial charge in [-0.25, -0.2) is 0 Å². The summed E-state index contributed by atoms with van der Waals surface area (Å²) in [6.07, 6.45) is 3.91. The van der Waals surface area contributed by atoms with E-state index in [0.717, 1.165) is 5.56 Å². The second-order valence-corrected chi connectivity index (χ2v) is 2.47. The Balaban J connectivity index is 2.59. The van der Waals surface area contributed by atoms with Crippen molar-refractivity contribution in [1.82, 2.24) is 0 Å². The van der Waals surface area contributed by atoms with E-state index in [1.54, 1.807) is 0 Å². The highest BCUT2D eigenvalue weighted by Crippen LogP contribution is 2.28. The minimum absolute atomic E-state index is 0.129. The van der Waals surface area contributed by atoms with E-state index in [-0.39, 0.29) is 5.92 Å². The molecular formula is C10H7. The van der Waals surface area contributed by atoms with Gasteiger partial charge in [0, 0.05) is 12.8 Å². The largest absolute Gasteiger partial charge is 0.0758 e. The summed E-state index contributed by atoms with van der Waals surface area (Å²) in [6.45, 7) is 7.53. The van der Waals surface area contributed by atoms with E-state index in [1.807, 2.05) is 36.4 Å². The number of hydrogen-bond acceptors (Lipinski definition) is 0. The van der Waals surface area contributed by atoms with Gasteiger partial charge in [-0.1, -0.05) is 36.4 Å². The van der Waals surface area contributed by atoms with Crippen molar-refractivity contribution in [2.75, 3.05) is 0 Å². The van der Waals surface area contributed by atoms with Crippen molar-refractivity contribution < 1.29 is 0 Å². The van der Waals surface area contributed by atoms with E-state index < -0.39 is 0 Å². The lowest BCUT2D eigenvalue weighted by atomic mass is 10.0. The molecule has 1 aromatic carbocycles. The van der Waals surface area contributed by atoms with Crippen LogP contribution in [0.25, 0.3) is 6.08 Å². The number of allylic oxidation sites excluding steroid dienone is 1. The van der Waals surface area contributed by atoms with E-state index >= 15 is 0 Å². The average Bonchev–Trinajstić information content (AvgIpc) is 2.34.